The molecule has 5 nitrogen and oxygen atoms in total. The topological polar surface area (TPSA) is 49.9 Å². The Labute approximate surface area is 148 Å². The predicted molar refractivity (Wildman–Crippen MR) is 94.0 cm³/mol. The summed E-state index contributed by atoms with van der Waals surface area (Å²) in [6, 6.07) is 7.16. The molecule has 4 atom stereocenters. The van der Waals surface area contributed by atoms with Crippen LogP contribution in [-0.2, 0) is 11.3 Å². The molecule has 4 unspecified atom stereocenters. The van der Waals surface area contributed by atoms with Gasteiger partial charge in [0.25, 0.3) is 5.91 Å². The highest BCUT2D eigenvalue weighted by Crippen LogP contribution is 2.41. The molecule has 1 aromatic rings. The SMILES string of the molecule is COc1ccc(CN2C(=O)C(C)N(C3CC4C=CC3CC4)C2=O)cc1. The summed E-state index contributed by atoms with van der Waals surface area (Å²) in [7, 11) is 1.62. The predicted octanol–water partition coefficient (Wildman–Crippen LogP) is 3.20. The van der Waals surface area contributed by atoms with Crippen LogP contribution in [0.25, 0.3) is 0 Å². The van der Waals surface area contributed by atoms with Crippen LogP contribution in [0.2, 0.25) is 0 Å². The first-order valence-electron chi connectivity index (χ1n) is 9.03. The van der Waals surface area contributed by atoms with Gasteiger partial charge in [0.1, 0.15) is 11.8 Å². The van der Waals surface area contributed by atoms with Gasteiger partial charge in [0.2, 0.25) is 0 Å². The Morgan fingerprint density at radius 3 is 2.44 bits per heavy atom. The first-order chi connectivity index (χ1) is 12.1. The van der Waals surface area contributed by atoms with E-state index in [4.69, 9.17) is 4.74 Å². The van der Waals surface area contributed by atoms with Gasteiger partial charge in [-0.05, 0) is 55.7 Å². The Morgan fingerprint density at radius 1 is 1.12 bits per heavy atom. The summed E-state index contributed by atoms with van der Waals surface area (Å²) in [6.45, 7) is 2.18. The van der Waals surface area contributed by atoms with Crippen molar-refractivity contribution >= 4 is 11.9 Å². The smallest absolute Gasteiger partial charge is 0.328 e. The number of fused-ring (bicyclic) bond motifs is 2. The van der Waals surface area contributed by atoms with Gasteiger partial charge in [-0.2, -0.15) is 0 Å². The number of carbonyl (C=O) groups is 2. The lowest BCUT2D eigenvalue weighted by molar-refractivity contribution is -0.128. The third-order valence-corrected chi connectivity index (χ3v) is 5.89. The summed E-state index contributed by atoms with van der Waals surface area (Å²) >= 11 is 0. The molecule has 1 saturated carbocycles. The van der Waals surface area contributed by atoms with E-state index in [1.807, 2.05) is 36.1 Å². The minimum absolute atomic E-state index is 0.0914. The van der Waals surface area contributed by atoms with Crippen LogP contribution < -0.4 is 4.74 Å². The highest BCUT2D eigenvalue weighted by atomic mass is 16.5. The molecule has 1 aromatic carbocycles. The number of imide groups is 1. The molecule has 0 radical (unpaired) electrons. The largest absolute Gasteiger partial charge is 0.497 e. The highest BCUT2D eigenvalue weighted by Gasteiger charge is 2.49. The monoisotopic (exact) mass is 340 g/mol. The van der Waals surface area contributed by atoms with Crippen molar-refractivity contribution in [2.75, 3.05) is 7.11 Å². The second-order valence-electron chi connectivity index (χ2n) is 7.33. The molecule has 25 heavy (non-hydrogen) atoms. The van der Waals surface area contributed by atoms with Gasteiger partial charge in [-0.15, -0.1) is 0 Å². The summed E-state index contributed by atoms with van der Waals surface area (Å²) in [5.74, 6) is 1.62. The fourth-order valence-corrected chi connectivity index (χ4v) is 4.45. The van der Waals surface area contributed by atoms with Crippen LogP contribution in [0.4, 0.5) is 4.79 Å². The van der Waals surface area contributed by atoms with Gasteiger partial charge >= 0.3 is 6.03 Å². The molecule has 0 N–H and O–H groups in total. The molecule has 4 aliphatic rings. The second-order valence-corrected chi connectivity index (χ2v) is 7.33. The van der Waals surface area contributed by atoms with Crippen LogP contribution >= 0.6 is 0 Å². The van der Waals surface area contributed by atoms with Crippen LogP contribution in [0, 0.1) is 11.8 Å². The van der Waals surface area contributed by atoms with E-state index < -0.39 is 0 Å². The van der Waals surface area contributed by atoms with Crippen LogP contribution in [0.15, 0.2) is 36.4 Å². The molecule has 1 saturated heterocycles. The van der Waals surface area contributed by atoms with E-state index in [2.05, 4.69) is 12.2 Å². The Kier molecular flexibility index (Phi) is 4.02. The number of carbonyl (C=O) groups excluding carboxylic acids is 2. The summed E-state index contributed by atoms with van der Waals surface area (Å²) in [4.78, 5) is 29.0. The summed E-state index contributed by atoms with van der Waals surface area (Å²) in [6.07, 6.45) is 7.85. The maximum atomic E-state index is 13.0. The number of methoxy groups -OCH3 is 1. The quantitative estimate of drug-likeness (QED) is 0.625. The van der Waals surface area contributed by atoms with E-state index >= 15 is 0 Å². The average Bonchev–Trinajstić information content (AvgIpc) is 2.86. The highest BCUT2D eigenvalue weighted by molar-refractivity contribution is 6.04. The van der Waals surface area contributed by atoms with Crippen molar-refractivity contribution in [1.82, 2.24) is 9.80 Å². The fraction of sp³-hybridized carbons (Fsp3) is 0.500. The van der Waals surface area contributed by atoms with Crippen molar-refractivity contribution in [3.05, 3.63) is 42.0 Å². The molecule has 1 heterocycles. The number of nitrogens with zero attached hydrogens (tertiary/aromatic N) is 2. The normalized spacial score (nSPS) is 31.1. The average molecular weight is 340 g/mol. The number of rotatable bonds is 4. The van der Waals surface area contributed by atoms with Crippen LogP contribution in [-0.4, -0.2) is 40.9 Å². The molecule has 2 bridgehead atoms. The number of ether oxygens (including phenoxy) is 1. The number of urea groups is 1. The van der Waals surface area contributed by atoms with Crippen molar-refractivity contribution in [2.45, 2.75) is 44.8 Å². The Morgan fingerprint density at radius 2 is 1.88 bits per heavy atom. The lowest BCUT2D eigenvalue weighted by atomic mass is 9.72. The van der Waals surface area contributed by atoms with E-state index in [0.717, 1.165) is 24.2 Å². The minimum Gasteiger partial charge on any atom is -0.497 e. The molecule has 3 amide bonds. The van der Waals surface area contributed by atoms with E-state index in [1.54, 1.807) is 7.11 Å². The zero-order chi connectivity index (χ0) is 17.6. The molecule has 2 fully saturated rings. The molecule has 132 valence electrons. The van der Waals surface area contributed by atoms with Crippen molar-refractivity contribution < 1.29 is 14.3 Å². The molecule has 5 rings (SSSR count). The molecular formula is C20H24N2O3. The molecule has 0 aromatic heterocycles. The molecular weight excluding hydrogens is 316 g/mol. The van der Waals surface area contributed by atoms with Gasteiger partial charge in [-0.25, -0.2) is 4.79 Å². The van der Waals surface area contributed by atoms with Crippen molar-refractivity contribution in [2.24, 2.45) is 11.8 Å². The lowest BCUT2D eigenvalue weighted by Crippen LogP contribution is -2.49. The number of hydrogen-bond acceptors (Lipinski definition) is 3. The van der Waals surface area contributed by atoms with Crippen molar-refractivity contribution in [3.63, 3.8) is 0 Å². The van der Waals surface area contributed by atoms with Crippen molar-refractivity contribution in [3.8, 4) is 5.75 Å². The summed E-state index contributed by atoms with van der Waals surface area (Å²) in [5, 5.41) is 0. The van der Waals surface area contributed by atoms with Gasteiger partial charge in [-0.3, -0.25) is 9.69 Å². The Balaban J connectivity index is 1.53. The van der Waals surface area contributed by atoms with Gasteiger partial charge in [0.15, 0.2) is 0 Å². The zero-order valence-corrected chi connectivity index (χ0v) is 14.7. The Bertz CT molecular complexity index is 712. The van der Waals surface area contributed by atoms with E-state index in [-0.39, 0.29) is 24.0 Å². The standard InChI is InChI=1S/C20H24N2O3/c1-13-19(23)21(12-15-5-9-17(25-2)10-6-15)20(24)22(13)18-11-14-3-7-16(18)8-4-14/h3,5-7,9-10,13-14,16,18H,4,8,11-12H2,1-2H3. The summed E-state index contributed by atoms with van der Waals surface area (Å²) in [5.41, 5.74) is 0.932. The number of allylic oxidation sites excluding steroid dienone is 1. The van der Waals surface area contributed by atoms with Gasteiger partial charge in [0.05, 0.1) is 13.7 Å². The maximum absolute atomic E-state index is 13.0. The number of amides is 3. The Hall–Kier alpha value is -2.30. The third-order valence-electron chi connectivity index (χ3n) is 5.89. The molecule has 5 heteroatoms. The zero-order valence-electron chi connectivity index (χ0n) is 14.7. The van der Waals surface area contributed by atoms with Crippen LogP contribution in [0.3, 0.4) is 0 Å². The van der Waals surface area contributed by atoms with Crippen LogP contribution in [0.5, 0.6) is 5.75 Å². The molecule has 0 spiro atoms. The summed E-state index contributed by atoms with van der Waals surface area (Å²) < 4.78 is 5.16. The molecule has 3 aliphatic carbocycles. The number of benzene rings is 1. The lowest BCUT2D eigenvalue weighted by Gasteiger charge is -2.43. The van der Waals surface area contributed by atoms with Gasteiger partial charge in [-0.1, -0.05) is 24.3 Å². The van der Waals surface area contributed by atoms with E-state index in [1.165, 1.54) is 11.3 Å². The van der Waals surface area contributed by atoms with Gasteiger partial charge in [0, 0.05) is 6.04 Å². The minimum atomic E-state index is -0.372. The second kappa shape index (κ2) is 6.21. The van der Waals surface area contributed by atoms with Gasteiger partial charge < -0.3 is 9.64 Å². The van der Waals surface area contributed by atoms with Crippen molar-refractivity contribution in [1.29, 1.82) is 0 Å². The van der Waals surface area contributed by atoms with Crippen LogP contribution in [0.1, 0.15) is 31.7 Å². The number of hydrogen-bond donors (Lipinski definition) is 0. The maximum Gasteiger partial charge on any atom is 0.328 e. The van der Waals surface area contributed by atoms with E-state index in [0.29, 0.717) is 18.4 Å². The fourth-order valence-electron chi connectivity index (χ4n) is 4.45. The molecule has 1 aliphatic heterocycles. The third kappa shape index (κ3) is 2.71. The first-order valence-corrected chi connectivity index (χ1v) is 9.03. The van der Waals surface area contributed by atoms with E-state index in [9.17, 15) is 9.59 Å². The first kappa shape index (κ1) is 16.2.